The van der Waals surface area contributed by atoms with Crippen LogP contribution in [0.4, 0.5) is 0 Å². The first-order valence-electron chi connectivity index (χ1n) is 6.53. The molecule has 1 atom stereocenters. The van der Waals surface area contributed by atoms with Gasteiger partial charge in [-0.3, -0.25) is 9.78 Å². The van der Waals surface area contributed by atoms with Crippen LogP contribution in [0.25, 0.3) is 10.9 Å². The van der Waals surface area contributed by atoms with Gasteiger partial charge in [-0.15, -0.1) is 11.6 Å². The van der Waals surface area contributed by atoms with Gasteiger partial charge in [0.1, 0.15) is 0 Å². The van der Waals surface area contributed by atoms with Crippen LogP contribution >= 0.6 is 11.6 Å². The van der Waals surface area contributed by atoms with Crippen molar-refractivity contribution in [2.45, 2.75) is 18.2 Å². The molecule has 0 N–H and O–H groups in total. The number of aromatic nitrogens is 1. The van der Waals surface area contributed by atoms with Crippen molar-refractivity contribution in [1.82, 2.24) is 9.88 Å². The van der Waals surface area contributed by atoms with E-state index in [-0.39, 0.29) is 11.3 Å². The number of hydrogen-bond acceptors (Lipinski definition) is 2. The Morgan fingerprint density at radius 2 is 2.21 bits per heavy atom. The number of carbonyl (C=O) groups is 1. The molecule has 19 heavy (non-hydrogen) atoms. The van der Waals surface area contributed by atoms with E-state index in [0.29, 0.717) is 6.54 Å². The van der Waals surface area contributed by atoms with Crippen LogP contribution in [0, 0.1) is 0 Å². The first-order valence-corrected chi connectivity index (χ1v) is 6.96. The number of benzene rings is 1. The summed E-state index contributed by atoms with van der Waals surface area (Å²) in [5.74, 6) is 0.0592. The molecule has 4 heteroatoms. The van der Waals surface area contributed by atoms with Gasteiger partial charge in [0.25, 0.3) is 5.91 Å². The Kier molecular flexibility index (Phi) is 3.38. The molecule has 0 saturated carbocycles. The molecule has 3 nitrogen and oxygen atoms in total. The van der Waals surface area contributed by atoms with Gasteiger partial charge < -0.3 is 4.90 Å². The maximum atomic E-state index is 12.6. The number of hydrogen-bond donors (Lipinski definition) is 0. The number of rotatable bonds is 1. The van der Waals surface area contributed by atoms with Gasteiger partial charge in [0, 0.05) is 30.2 Å². The van der Waals surface area contributed by atoms with Crippen LogP contribution < -0.4 is 0 Å². The molecule has 2 aromatic rings. The molecule has 1 unspecified atom stereocenters. The van der Waals surface area contributed by atoms with E-state index in [0.717, 1.165) is 35.9 Å². The minimum atomic E-state index is 0.0592. The lowest BCUT2D eigenvalue weighted by atomic mass is 10.0. The summed E-state index contributed by atoms with van der Waals surface area (Å²) >= 11 is 6.15. The van der Waals surface area contributed by atoms with Gasteiger partial charge in [0.05, 0.1) is 10.9 Å². The number of alkyl halides is 1. The van der Waals surface area contributed by atoms with E-state index in [4.69, 9.17) is 11.6 Å². The summed E-state index contributed by atoms with van der Waals surface area (Å²) in [5, 5.41) is 0.984. The highest BCUT2D eigenvalue weighted by Crippen LogP contribution is 2.21. The lowest BCUT2D eigenvalue weighted by Gasteiger charge is -2.30. The standard InChI is InChI=1S/C15H15ClN2O/c16-11-4-3-9-18(10-11)15(19)13-5-1-7-14-12(13)6-2-8-17-14/h1-2,5-8,11H,3-4,9-10H2. The molecule has 98 valence electrons. The molecule has 0 bridgehead atoms. The van der Waals surface area contributed by atoms with Crippen LogP contribution in [-0.4, -0.2) is 34.3 Å². The van der Waals surface area contributed by atoms with E-state index in [2.05, 4.69) is 4.98 Å². The fourth-order valence-corrected chi connectivity index (χ4v) is 2.89. The van der Waals surface area contributed by atoms with Gasteiger partial charge in [0.15, 0.2) is 0 Å². The van der Waals surface area contributed by atoms with E-state index in [1.807, 2.05) is 35.2 Å². The van der Waals surface area contributed by atoms with Crippen molar-refractivity contribution in [3.8, 4) is 0 Å². The predicted molar refractivity (Wildman–Crippen MR) is 76.5 cm³/mol. The smallest absolute Gasteiger partial charge is 0.254 e. The third-order valence-corrected chi connectivity index (χ3v) is 3.88. The van der Waals surface area contributed by atoms with Crippen molar-refractivity contribution < 1.29 is 4.79 Å². The number of carbonyl (C=O) groups excluding carboxylic acids is 1. The summed E-state index contributed by atoms with van der Waals surface area (Å²) in [6, 6.07) is 9.47. The highest BCUT2D eigenvalue weighted by atomic mass is 35.5. The average Bonchev–Trinajstić information content (AvgIpc) is 2.46. The molecule has 1 aliphatic rings. The quantitative estimate of drug-likeness (QED) is 0.749. The molecule has 1 aromatic heterocycles. The molecule has 2 heterocycles. The molecule has 1 fully saturated rings. The zero-order chi connectivity index (χ0) is 13.2. The Morgan fingerprint density at radius 1 is 1.32 bits per heavy atom. The average molecular weight is 275 g/mol. The van der Waals surface area contributed by atoms with E-state index in [1.165, 1.54) is 0 Å². The minimum Gasteiger partial charge on any atom is -0.337 e. The number of fused-ring (bicyclic) bond motifs is 1. The molecular formula is C15H15ClN2O. The minimum absolute atomic E-state index is 0.0592. The van der Waals surface area contributed by atoms with Crippen molar-refractivity contribution in [2.24, 2.45) is 0 Å². The molecule has 0 spiro atoms. The number of piperidine rings is 1. The molecule has 1 aromatic carbocycles. The van der Waals surface area contributed by atoms with Crippen LogP contribution in [-0.2, 0) is 0 Å². The van der Waals surface area contributed by atoms with Crippen LogP contribution in [0.1, 0.15) is 23.2 Å². The molecular weight excluding hydrogens is 260 g/mol. The van der Waals surface area contributed by atoms with Gasteiger partial charge in [0.2, 0.25) is 0 Å². The maximum Gasteiger partial charge on any atom is 0.254 e. The second-order valence-corrected chi connectivity index (χ2v) is 5.48. The predicted octanol–water partition coefficient (Wildman–Crippen LogP) is 3.08. The molecule has 3 rings (SSSR count). The zero-order valence-corrected chi connectivity index (χ0v) is 11.3. The Balaban J connectivity index is 1.97. The summed E-state index contributed by atoms with van der Waals surface area (Å²) in [7, 11) is 0. The van der Waals surface area contributed by atoms with Gasteiger partial charge >= 0.3 is 0 Å². The number of pyridine rings is 1. The Hall–Kier alpha value is -1.61. The second-order valence-electron chi connectivity index (χ2n) is 4.87. The van der Waals surface area contributed by atoms with E-state index < -0.39 is 0 Å². The third kappa shape index (κ3) is 2.43. The summed E-state index contributed by atoms with van der Waals surface area (Å²) in [6.45, 7) is 1.43. The lowest BCUT2D eigenvalue weighted by molar-refractivity contribution is 0.0729. The van der Waals surface area contributed by atoms with Crippen molar-refractivity contribution in [2.75, 3.05) is 13.1 Å². The van der Waals surface area contributed by atoms with Crippen LogP contribution in [0.2, 0.25) is 0 Å². The molecule has 1 aliphatic heterocycles. The number of nitrogens with zero attached hydrogens (tertiary/aromatic N) is 2. The Morgan fingerprint density at radius 3 is 3.05 bits per heavy atom. The topological polar surface area (TPSA) is 33.2 Å². The van der Waals surface area contributed by atoms with Crippen LogP contribution in [0.15, 0.2) is 36.5 Å². The largest absolute Gasteiger partial charge is 0.337 e. The number of amides is 1. The third-order valence-electron chi connectivity index (χ3n) is 3.53. The lowest BCUT2D eigenvalue weighted by Crippen LogP contribution is -2.40. The van der Waals surface area contributed by atoms with E-state index in [9.17, 15) is 4.79 Å². The number of likely N-dealkylation sites (tertiary alicyclic amines) is 1. The van der Waals surface area contributed by atoms with Gasteiger partial charge in [-0.2, -0.15) is 0 Å². The van der Waals surface area contributed by atoms with Crippen LogP contribution in [0.3, 0.4) is 0 Å². The SMILES string of the molecule is O=C(c1cccc2ncccc12)N1CCCC(Cl)C1. The summed E-state index contributed by atoms with van der Waals surface area (Å²) < 4.78 is 0. The highest BCUT2D eigenvalue weighted by Gasteiger charge is 2.24. The number of halogens is 1. The van der Waals surface area contributed by atoms with E-state index in [1.54, 1.807) is 6.20 Å². The second kappa shape index (κ2) is 5.17. The molecule has 0 radical (unpaired) electrons. The van der Waals surface area contributed by atoms with Crippen molar-refractivity contribution in [3.05, 3.63) is 42.1 Å². The first kappa shape index (κ1) is 12.4. The summed E-state index contributed by atoms with van der Waals surface area (Å²) in [4.78, 5) is 18.7. The Labute approximate surface area is 117 Å². The van der Waals surface area contributed by atoms with Crippen molar-refractivity contribution >= 4 is 28.4 Å². The summed E-state index contributed by atoms with van der Waals surface area (Å²) in [5.41, 5.74) is 1.57. The van der Waals surface area contributed by atoms with Gasteiger partial charge in [-0.05, 0) is 31.0 Å². The van der Waals surface area contributed by atoms with Crippen molar-refractivity contribution in [3.63, 3.8) is 0 Å². The molecule has 1 saturated heterocycles. The maximum absolute atomic E-state index is 12.6. The molecule has 1 amide bonds. The summed E-state index contributed by atoms with van der Waals surface area (Å²) in [6.07, 6.45) is 3.71. The normalized spacial score (nSPS) is 19.6. The zero-order valence-electron chi connectivity index (χ0n) is 10.6. The van der Waals surface area contributed by atoms with Gasteiger partial charge in [-0.25, -0.2) is 0 Å². The van der Waals surface area contributed by atoms with Gasteiger partial charge in [-0.1, -0.05) is 12.1 Å². The Bertz CT molecular complexity index is 609. The fraction of sp³-hybridized carbons (Fsp3) is 0.333. The fourth-order valence-electron chi connectivity index (χ4n) is 2.57. The van der Waals surface area contributed by atoms with E-state index >= 15 is 0 Å². The van der Waals surface area contributed by atoms with Crippen LogP contribution in [0.5, 0.6) is 0 Å². The highest BCUT2D eigenvalue weighted by molar-refractivity contribution is 6.21. The monoisotopic (exact) mass is 274 g/mol. The van der Waals surface area contributed by atoms with Crippen molar-refractivity contribution in [1.29, 1.82) is 0 Å². The molecule has 0 aliphatic carbocycles. The first-order chi connectivity index (χ1) is 9.25.